The van der Waals surface area contributed by atoms with Gasteiger partial charge in [0.1, 0.15) is 0 Å². The van der Waals surface area contributed by atoms with Crippen LogP contribution < -0.4 is 11.1 Å². The molecule has 4 heteroatoms. The topological polar surface area (TPSA) is 75.3 Å². The minimum absolute atomic E-state index is 0.0768. The quantitative estimate of drug-likeness (QED) is 0.710. The first kappa shape index (κ1) is 14.7. The Hall–Kier alpha value is -1.39. The van der Waals surface area contributed by atoms with E-state index < -0.39 is 6.10 Å². The highest BCUT2D eigenvalue weighted by molar-refractivity contribution is 5.79. The maximum absolute atomic E-state index is 11.9. The Kier molecular flexibility index (Phi) is 5.82. The van der Waals surface area contributed by atoms with Crippen LogP contribution in [0.25, 0.3) is 0 Å². The highest BCUT2D eigenvalue weighted by atomic mass is 16.3. The zero-order valence-electron chi connectivity index (χ0n) is 11.0. The van der Waals surface area contributed by atoms with E-state index in [1.54, 1.807) is 6.92 Å². The lowest BCUT2D eigenvalue weighted by Gasteiger charge is -2.20. The molecular formula is C14H22N2O2. The fraction of sp³-hybridized carbons (Fsp3) is 0.500. The van der Waals surface area contributed by atoms with Gasteiger partial charge in [-0.15, -0.1) is 0 Å². The molecule has 1 aromatic rings. The van der Waals surface area contributed by atoms with Crippen molar-refractivity contribution in [1.29, 1.82) is 0 Å². The van der Waals surface area contributed by atoms with Crippen LogP contribution in [0.4, 0.5) is 0 Å². The van der Waals surface area contributed by atoms with Gasteiger partial charge in [-0.2, -0.15) is 0 Å². The lowest BCUT2D eigenvalue weighted by Crippen LogP contribution is -2.36. The number of hydrogen-bond donors (Lipinski definition) is 3. The number of rotatable bonds is 6. The summed E-state index contributed by atoms with van der Waals surface area (Å²) < 4.78 is 0. The molecule has 0 radical (unpaired) electrons. The van der Waals surface area contributed by atoms with Gasteiger partial charge in [-0.1, -0.05) is 37.3 Å². The molecule has 0 spiro atoms. The number of amides is 1. The lowest BCUT2D eigenvalue weighted by atomic mass is 9.94. The number of nitrogens with two attached hydrogens (primary N) is 1. The molecule has 18 heavy (non-hydrogen) atoms. The Morgan fingerprint density at radius 3 is 2.50 bits per heavy atom. The number of nitrogens with one attached hydrogen (secondary N) is 1. The van der Waals surface area contributed by atoms with Crippen molar-refractivity contribution in [3.8, 4) is 0 Å². The molecule has 0 bridgehead atoms. The van der Waals surface area contributed by atoms with Crippen LogP contribution in [0.15, 0.2) is 30.3 Å². The zero-order valence-corrected chi connectivity index (χ0v) is 11.0. The number of aliphatic hydroxyl groups is 1. The Balaban J connectivity index is 2.48. The van der Waals surface area contributed by atoms with Crippen LogP contribution in [0.2, 0.25) is 0 Å². The predicted octanol–water partition coefficient (Wildman–Crippen LogP) is 1.21. The van der Waals surface area contributed by atoms with Crippen molar-refractivity contribution in [1.82, 2.24) is 5.32 Å². The minimum Gasteiger partial charge on any atom is -0.393 e. The van der Waals surface area contributed by atoms with Crippen molar-refractivity contribution in [2.45, 2.75) is 32.4 Å². The Bertz CT molecular complexity index is 365. The largest absolute Gasteiger partial charge is 0.393 e. The van der Waals surface area contributed by atoms with Gasteiger partial charge >= 0.3 is 0 Å². The van der Waals surface area contributed by atoms with E-state index in [0.29, 0.717) is 13.0 Å². The maximum atomic E-state index is 11.9. The summed E-state index contributed by atoms with van der Waals surface area (Å²) in [6.07, 6.45) is 0.155. The monoisotopic (exact) mass is 250 g/mol. The molecule has 0 saturated carbocycles. The smallest absolute Gasteiger partial charge is 0.224 e. The maximum Gasteiger partial charge on any atom is 0.224 e. The zero-order chi connectivity index (χ0) is 13.5. The van der Waals surface area contributed by atoms with E-state index in [0.717, 1.165) is 5.56 Å². The molecule has 0 fully saturated rings. The van der Waals surface area contributed by atoms with Crippen LogP contribution in [0.5, 0.6) is 0 Å². The summed E-state index contributed by atoms with van der Waals surface area (Å²) in [4.78, 5) is 11.9. The van der Waals surface area contributed by atoms with E-state index >= 15 is 0 Å². The van der Waals surface area contributed by atoms with Crippen molar-refractivity contribution >= 4 is 5.91 Å². The summed E-state index contributed by atoms with van der Waals surface area (Å²) in [5.41, 5.74) is 7.02. The molecule has 0 aliphatic rings. The molecule has 0 saturated heterocycles. The third-order valence-corrected chi connectivity index (χ3v) is 3.00. The van der Waals surface area contributed by atoms with Crippen molar-refractivity contribution in [2.24, 2.45) is 11.7 Å². The van der Waals surface area contributed by atoms with E-state index in [1.165, 1.54) is 0 Å². The Labute approximate surface area is 108 Å². The summed E-state index contributed by atoms with van der Waals surface area (Å²) in [5.74, 6) is -0.367. The number of hydrogen-bond acceptors (Lipinski definition) is 3. The standard InChI is InChI=1S/C14H22N2O2/c1-10(17)8-9-16-14(18)11(2)13(15)12-6-4-3-5-7-12/h3-7,10-11,13,17H,8-9,15H2,1-2H3,(H,16,18). The molecule has 0 aliphatic carbocycles. The second kappa shape index (κ2) is 7.13. The first-order chi connectivity index (χ1) is 8.52. The SMILES string of the molecule is CC(O)CCNC(=O)C(C)C(N)c1ccccc1. The van der Waals surface area contributed by atoms with E-state index in [2.05, 4.69) is 5.32 Å². The molecule has 1 amide bonds. The van der Waals surface area contributed by atoms with Crippen LogP contribution in [0, 0.1) is 5.92 Å². The Morgan fingerprint density at radius 1 is 1.33 bits per heavy atom. The lowest BCUT2D eigenvalue weighted by molar-refractivity contribution is -0.125. The third-order valence-electron chi connectivity index (χ3n) is 3.00. The highest BCUT2D eigenvalue weighted by Gasteiger charge is 2.21. The van der Waals surface area contributed by atoms with Gasteiger partial charge in [0.25, 0.3) is 0 Å². The van der Waals surface area contributed by atoms with Crippen molar-refractivity contribution < 1.29 is 9.90 Å². The van der Waals surface area contributed by atoms with Crippen molar-refractivity contribution in [3.05, 3.63) is 35.9 Å². The summed E-state index contributed by atoms with van der Waals surface area (Å²) in [5, 5.41) is 11.9. The second-order valence-electron chi connectivity index (χ2n) is 4.65. The molecule has 0 aromatic heterocycles. The van der Waals surface area contributed by atoms with E-state index in [4.69, 9.17) is 10.8 Å². The number of carbonyl (C=O) groups is 1. The van der Waals surface area contributed by atoms with Crippen molar-refractivity contribution in [2.75, 3.05) is 6.54 Å². The second-order valence-corrected chi connectivity index (χ2v) is 4.65. The normalized spacial score (nSPS) is 15.8. The van der Waals surface area contributed by atoms with Gasteiger partial charge in [0, 0.05) is 12.6 Å². The fourth-order valence-corrected chi connectivity index (χ4v) is 1.69. The van der Waals surface area contributed by atoms with Gasteiger partial charge in [0.2, 0.25) is 5.91 Å². The summed E-state index contributed by atoms with van der Waals surface area (Å²) in [7, 11) is 0. The van der Waals surface area contributed by atoms with Gasteiger partial charge < -0.3 is 16.2 Å². The predicted molar refractivity (Wildman–Crippen MR) is 71.8 cm³/mol. The summed E-state index contributed by atoms with van der Waals surface area (Å²) in [6.45, 7) is 3.99. The van der Waals surface area contributed by atoms with Gasteiger partial charge in [-0.05, 0) is 18.9 Å². The van der Waals surface area contributed by atoms with E-state index in [-0.39, 0.29) is 17.9 Å². The third kappa shape index (κ3) is 4.47. The van der Waals surface area contributed by atoms with Gasteiger partial charge in [0.15, 0.2) is 0 Å². The van der Waals surface area contributed by atoms with Crippen molar-refractivity contribution in [3.63, 3.8) is 0 Å². The van der Waals surface area contributed by atoms with Crippen LogP contribution in [0.3, 0.4) is 0 Å². The van der Waals surface area contributed by atoms with Gasteiger partial charge in [-0.3, -0.25) is 4.79 Å². The molecular weight excluding hydrogens is 228 g/mol. The molecule has 1 rings (SSSR count). The van der Waals surface area contributed by atoms with Crippen LogP contribution in [-0.4, -0.2) is 23.7 Å². The van der Waals surface area contributed by atoms with E-state index in [9.17, 15) is 4.79 Å². The van der Waals surface area contributed by atoms with E-state index in [1.807, 2.05) is 37.3 Å². The first-order valence-electron chi connectivity index (χ1n) is 6.28. The molecule has 0 aliphatic heterocycles. The minimum atomic E-state index is -0.400. The van der Waals surface area contributed by atoms with Crippen LogP contribution in [0.1, 0.15) is 31.9 Å². The highest BCUT2D eigenvalue weighted by Crippen LogP contribution is 2.18. The molecule has 3 unspecified atom stereocenters. The summed E-state index contributed by atoms with van der Waals surface area (Å²) >= 11 is 0. The molecule has 0 heterocycles. The average molecular weight is 250 g/mol. The number of carbonyl (C=O) groups excluding carboxylic acids is 1. The number of aliphatic hydroxyl groups excluding tert-OH is 1. The van der Waals surface area contributed by atoms with Gasteiger partial charge in [-0.25, -0.2) is 0 Å². The molecule has 4 nitrogen and oxygen atoms in total. The van der Waals surface area contributed by atoms with Crippen LogP contribution >= 0.6 is 0 Å². The average Bonchev–Trinajstić information content (AvgIpc) is 2.37. The summed E-state index contributed by atoms with van der Waals surface area (Å²) in [6, 6.07) is 9.27. The number of benzene rings is 1. The first-order valence-corrected chi connectivity index (χ1v) is 6.28. The molecule has 1 aromatic carbocycles. The molecule has 3 atom stereocenters. The van der Waals surface area contributed by atoms with Crippen LogP contribution in [-0.2, 0) is 4.79 Å². The fourth-order valence-electron chi connectivity index (χ4n) is 1.69. The molecule has 4 N–H and O–H groups in total. The van der Waals surface area contributed by atoms with Gasteiger partial charge in [0.05, 0.1) is 12.0 Å². The molecule has 100 valence electrons. The Morgan fingerprint density at radius 2 is 1.94 bits per heavy atom.